The Morgan fingerprint density at radius 2 is 1.85 bits per heavy atom. The van der Waals surface area contributed by atoms with Gasteiger partial charge in [-0.1, -0.05) is 0 Å². The molecule has 0 fully saturated rings. The van der Waals surface area contributed by atoms with Gasteiger partial charge in [-0.25, -0.2) is 21.6 Å². The van der Waals surface area contributed by atoms with Crippen LogP contribution in [0.2, 0.25) is 0 Å². The lowest BCUT2D eigenvalue weighted by molar-refractivity contribution is 0.588. The van der Waals surface area contributed by atoms with E-state index in [0.717, 1.165) is 6.26 Å². The first-order valence-corrected chi connectivity index (χ1v) is 9.37. The summed E-state index contributed by atoms with van der Waals surface area (Å²) in [5.41, 5.74) is 6.37. The Bertz CT molecular complexity index is 684. The fourth-order valence-corrected chi connectivity index (χ4v) is 3.60. The van der Waals surface area contributed by atoms with Crippen molar-refractivity contribution in [3.05, 3.63) is 18.2 Å². The van der Waals surface area contributed by atoms with Crippen molar-refractivity contribution in [3.63, 3.8) is 0 Å². The number of nitrogens with one attached hydrogen (secondary N) is 2. The number of benzene rings is 1. The van der Waals surface area contributed by atoms with Gasteiger partial charge in [-0.05, 0) is 32.2 Å². The van der Waals surface area contributed by atoms with E-state index in [4.69, 9.17) is 5.73 Å². The summed E-state index contributed by atoms with van der Waals surface area (Å²) in [4.78, 5) is -0.0127. The highest BCUT2D eigenvalue weighted by Crippen LogP contribution is 2.22. The predicted octanol–water partition coefficient (Wildman–Crippen LogP) is 0.0219. The molecule has 0 aliphatic rings. The van der Waals surface area contributed by atoms with Gasteiger partial charge < -0.3 is 11.1 Å². The van der Waals surface area contributed by atoms with E-state index in [2.05, 4.69) is 10.0 Å². The zero-order chi connectivity index (χ0) is 15.6. The Balaban J connectivity index is 2.94. The summed E-state index contributed by atoms with van der Waals surface area (Å²) >= 11 is 0. The number of nitrogen functional groups attached to an aromatic ring is 1. The summed E-state index contributed by atoms with van der Waals surface area (Å²) in [5, 5.41) is 2.96. The van der Waals surface area contributed by atoms with Gasteiger partial charge in [-0.15, -0.1) is 0 Å². The average Bonchev–Trinajstić information content (AvgIpc) is 2.25. The van der Waals surface area contributed by atoms with E-state index >= 15 is 0 Å². The number of hydrogen-bond donors (Lipinski definition) is 3. The second-order valence-corrected chi connectivity index (χ2v) is 8.64. The van der Waals surface area contributed by atoms with E-state index in [1.807, 2.05) is 0 Å². The van der Waals surface area contributed by atoms with E-state index < -0.39 is 19.9 Å². The van der Waals surface area contributed by atoms with Crippen LogP contribution in [0.15, 0.2) is 23.1 Å². The number of sulfonamides is 1. The van der Waals surface area contributed by atoms with Crippen molar-refractivity contribution in [1.29, 1.82) is 0 Å². The van der Waals surface area contributed by atoms with Crippen LogP contribution in [0.4, 0.5) is 11.4 Å². The Morgan fingerprint density at radius 3 is 2.30 bits per heavy atom. The lowest BCUT2D eigenvalue weighted by atomic mass is 10.2. The standard InChI is InChI=1S/C11H19N3O4S2/c1-8(7-19(3,15)16)14-9-4-5-11(10(12)6-9)20(17,18)13-2/h4-6,8,13-14H,7,12H2,1-3H3. The third-order valence-corrected chi connectivity index (χ3v) is 5.13. The molecule has 1 aromatic rings. The lowest BCUT2D eigenvalue weighted by Gasteiger charge is -2.15. The average molecular weight is 321 g/mol. The lowest BCUT2D eigenvalue weighted by Crippen LogP contribution is -2.25. The van der Waals surface area contributed by atoms with E-state index in [9.17, 15) is 16.8 Å². The zero-order valence-electron chi connectivity index (χ0n) is 11.5. The zero-order valence-corrected chi connectivity index (χ0v) is 13.2. The fraction of sp³-hybridized carbons (Fsp3) is 0.455. The van der Waals surface area contributed by atoms with Crippen LogP contribution in [0.3, 0.4) is 0 Å². The molecule has 4 N–H and O–H groups in total. The molecule has 0 bridgehead atoms. The maximum absolute atomic E-state index is 11.7. The Morgan fingerprint density at radius 1 is 1.25 bits per heavy atom. The minimum atomic E-state index is -3.60. The molecule has 0 spiro atoms. The van der Waals surface area contributed by atoms with Gasteiger partial charge in [-0.2, -0.15) is 0 Å². The molecule has 20 heavy (non-hydrogen) atoms. The second-order valence-electron chi connectivity index (χ2n) is 4.60. The summed E-state index contributed by atoms with van der Waals surface area (Å²) in [6.07, 6.45) is 1.15. The first-order chi connectivity index (χ1) is 9.05. The molecule has 0 heterocycles. The maximum Gasteiger partial charge on any atom is 0.242 e. The van der Waals surface area contributed by atoms with Crippen molar-refractivity contribution in [2.45, 2.75) is 17.9 Å². The summed E-state index contributed by atoms with van der Waals surface area (Å²) in [7, 11) is -5.39. The third kappa shape index (κ3) is 4.66. The molecule has 7 nitrogen and oxygen atoms in total. The molecule has 0 amide bonds. The van der Waals surface area contributed by atoms with E-state index in [1.165, 1.54) is 19.2 Å². The molecule has 1 aromatic carbocycles. The summed E-state index contributed by atoms with van der Waals surface area (Å²) in [6.45, 7) is 1.72. The van der Waals surface area contributed by atoms with Crippen molar-refractivity contribution < 1.29 is 16.8 Å². The number of anilines is 2. The van der Waals surface area contributed by atoms with Crippen molar-refractivity contribution in [2.24, 2.45) is 0 Å². The van der Waals surface area contributed by atoms with E-state index in [0.29, 0.717) is 5.69 Å². The molecule has 1 atom stereocenters. The minimum Gasteiger partial charge on any atom is -0.398 e. The molecular formula is C11H19N3O4S2. The molecule has 0 aliphatic heterocycles. The number of rotatable bonds is 6. The van der Waals surface area contributed by atoms with Crippen molar-refractivity contribution in [2.75, 3.05) is 30.1 Å². The number of sulfone groups is 1. The van der Waals surface area contributed by atoms with Crippen LogP contribution in [0.1, 0.15) is 6.92 Å². The van der Waals surface area contributed by atoms with Gasteiger partial charge in [0.25, 0.3) is 0 Å². The molecule has 1 unspecified atom stereocenters. The maximum atomic E-state index is 11.7. The van der Waals surface area contributed by atoms with Gasteiger partial charge >= 0.3 is 0 Å². The predicted molar refractivity (Wildman–Crippen MR) is 79.9 cm³/mol. The molecule has 0 saturated heterocycles. The van der Waals surface area contributed by atoms with Crippen LogP contribution in [-0.2, 0) is 19.9 Å². The van der Waals surface area contributed by atoms with Gasteiger partial charge in [0.2, 0.25) is 10.0 Å². The monoisotopic (exact) mass is 321 g/mol. The minimum absolute atomic E-state index is 0.0127. The molecule has 0 aromatic heterocycles. The first-order valence-electron chi connectivity index (χ1n) is 5.82. The highest BCUT2D eigenvalue weighted by atomic mass is 32.2. The summed E-state index contributed by atoms with van der Waals surface area (Å²) in [6, 6.07) is 4.06. The topological polar surface area (TPSA) is 118 Å². The van der Waals surface area contributed by atoms with Crippen molar-refractivity contribution in [1.82, 2.24) is 4.72 Å². The molecule has 0 aliphatic carbocycles. The van der Waals surface area contributed by atoms with Crippen LogP contribution < -0.4 is 15.8 Å². The van der Waals surface area contributed by atoms with E-state index in [1.54, 1.807) is 13.0 Å². The highest BCUT2D eigenvalue weighted by molar-refractivity contribution is 7.90. The van der Waals surface area contributed by atoms with Crippen LogP contribution in [0.25, 0.3) is 0 Å². The Labute approximate surface area is 119 Å². The third-order valence-electron chi connectivity index (χ3n) is 2.53. The molecule has 0 radical (unpaired) electrons. The first kappa shape index (κ1) is 16.7. The normalized spacial score (nSPS) is 13.9. The van der Waals surface area contributed by atoms with Crippen LogP contribution in [-0.4, -0.2) is 41.9 Å². The van der Waals surface area contributed by atoms with Gasteiger partial charge in [0.1, 0.15) is 14.7 Å². The van der Waals surface area contributed by atoms with Crippen LogP contribution in [0.5, 0.6) is 0 Å². The van der Waals surface area contributed by atoms with E-state index in [-0.39, 0.29) is 22.4 Å². The summed E-state index contributed by atoms with van der Waals surface area (Å²) < 4.78 is 47.8. The second kappa shape index (κ2) is 5.98. The summed E-state index contributed by atoms with van der Waals surface area (Å²) in [5.74, 6) is -0.0243. The van der Waals surface area contributed by atoms with Crippen molar-refractivity contribution in [3.8, 4) is 0 Å². The molecule has 1 rings (SSSR count). The highest BCUT2D eigenvalue weighted by Gasteiger charge is 2.16. The molecule has 9 heteroatoms. The van der Waals surface area contributed by atoms with Gasteiger partial charge in [0.15, 0.2) is 0 Å². The SMILES string of the molecule is CNS(=O)(=O)c1ccc(NC(C)CS(C)(=O)=O)cc1N. The largest absolute Gasteiger partial charge is 0.398 e. The van der Waals surface area contributed by atoms with Crippen LogP contribution in [0, 0.1) is 0 Å². The fourth-order valence-electron chi connectivity index (χ4n) is 1.77. The number of hydrogen-bond acceptors (Lipinski definition) is 6. The van der Waals surface area contributed by atoms with Crippen LogP contribution >= 0.6 is 0 Å². The molecule has 114 valence electrons. The smallest absolute Gasteiger partial charge is 0.242 e. The van der Waals surface area contributed by atoms with Crippen molar-refractivity contribution >= 4 is 31.2 Å². The van der Waals surface area contributed by atoms with Gasteiger partial charge in [0.05, 0.1) is 11.4 Å². The quantitative estimate of drug-likeness (QED) is 0.636. The number of nitrogens with two attached hydrogens (primary N) is 1. The molecular weight excluding hydrogens is 302 g/mol. The van der Waals surface area contributed by atoms with Gasteiger partial charge in [-0.3, -0.25) is 0 Å². The van der Waals surface area contributed by atoms with Gasteiger partial charge in [0, 0.05) is 18.0 Å². The molecule has 0 saturated carbocycles. The Hall–Kier alpha value is -1.32. The Kier molecular flexibility index (Phi) is 5.00.